The molecule has 0 saturated heterocycles. The molecule has 2 aromatic heterocycles. The van der Waals surface area contributed by atoms with E-state index in [0.717, 1.165) is 12.1 Å². The molecule has 1 unspecified atom stereocenters. The Morgan fingerprint density at radius 3 is 2.75 bits per heavy atom. The van der Waals surface area contributed by atoms with Gasteiger partial charge < -0.3 is 10.3 Å². The first-order valence-electron chi connectivity index (χ1n) is 6.89. The van der Waals surface area contributed by atoms with Crippen molar-refractivity contribution >= 4 is 0 Å². The fourth-order valence-electron chi connectivity index (χ4n) is 2.19. The van der Waals surface area contributed by atoms with Crippen LogP contribution in [0.5, 0.6) is 0 Å². The summed E-state index contributed by atoms with van der Waals surface area (Å²) in [6.45, 7) is 6.52. The lowest BCUT2D eigenvalue weighted by molar-refractivity contribution is 0.312. The van der Waals surface area contributed by atoms with Crippen LogP contribution in [0.15, 0.2) is 28.9 Å². The lowest BCUT2D eigenvalue weighted by Crippen LogP contribution is -2.28. The van der Waals surface area contributed by atoms with Crippen molar-refractivity contribution in [3.05, 3.63) is 41.8 Å². The second kappa shape index (κ2) is 6.13. The maximum Gasteiger partial charge on any atom is 0.228 e. The van der Waals surface area contributed by atoms with Gasteiger partial charge in [0.05, 0.1) is 6.42 Å². The van der Waals surface area contributed by atoms with E-state index in [1.165, 1.54) is 0 Å². The molecular weight excluding hydrogens is 252 g/mol. The Labute approximate surface area is 119 Å². The number of hydrogen-bond donors (Lipinski definition) is 1. The zero-order chi connectivity index (χ0) is 14.6. The molecule has 1 atom stereocenters. The zero-order valence-electron chi connectivity index (χ0n) is 12.3. The third-order valence-electron chi connectivity index (χ3n) is 2.89. The first-order valence-corrected chi connectivity index (χ1v) is 6.89. The van der Waals surface area contributed by atoms with Gasteiger partial charge in [0, 0.05) is 24.4 Å². The van der Waals surface area contributed by atoms with Gasteiger partial charge in [-0.05, 0) is 24.0 Å². The summed E-state index contributed by atoms with van der Waals surface area (Å²) in [5.74, 6) is 1.26. The smallest absolute Gasteiger partial charge is 0.228 e. The molecule has 108 valence electrons. The summed E-state index contributed by atoms with van der Waals surface area (Å²) in [4.78, 5) is 8.62. The van der Waals surface area contributed by atoms with E-state index in [2.05, 4.69) is 35.9 Å². The van der Waals surface area contributed by atoms with Crippen LogP contribution in [-0.2, 0) is 12.8 Å². The number of rotatable bonds is 5. The van der Waals surface area contributed by atoms with Crippen molar-refractivity contribution in [2.45, 2.75) is 46.1 Å². The van der Waals surface area contributed by atoms with Crippen LogP contribution >= 0.6 is 0 Å². The Morgan fingerprint density at radius 2 is 2.10 bits per heavy atom. The molecule has 5 heteroatoms. The fourth-order valence-corrected chi connectivity index (χ4v) is 2.19. The molecule has 0 saturated carbocycles. The minimum Gasteiger partial charge on any atom is -0.339 e. The van der Waals surface area contributed by atoms with Gasteiger partial charge in [-0.1, -0.05) is 32.0 Å². The minimum absolute atomic E-state index is 0.0400. The highest BCUT2D eigenvalue weighted by molar-refractivity contribution is 5.09. The molecule has 0 fully saturated rings. The third-order valence-corrected chi connectivity index (χ3v) is 2.89. The SMILES string of the molecule is CC(C)(C)CC(N)Cc1nc(Cc2ccccn2)no1. The summed E-state index contributed by atoms with van der Waals surface area (Å²) >= 11 is 0. The molecule has 2 heterocycles. The van der Waals surface area contributed by atoms with E-state index in [0.29, 0.717) is 24.6 Å². The first-order chi connectivity index (χ1) is 9.42. The highest BCUT2D eigenvalue weighted by atomic mass is 16.5. The largest absolute Gasteiger partial charge is 0.339 e. The van der Waals surface area contributed by atoms with Crippen LogP contribution in [0, 0.1) is 5.41 Å². The molecule has 0 aromatic carbocycles. The predicted octanol–water partition coefficient (Wildman–Crippen LogP) is 2.36. The number of hydrogen-bond acceptors (Lipinski definition) is 5. The van der Waals surface area contributed by atoms with Crippen molar-refractivity contribution in [3.63, 3.8) is 0 Å². The van der Waals surface area contributed by atoms with Crippen molar-refractivity contribution in [1.29, 1.82) is 0 Å². The average molecular weight is 274 g/mol. The molecule has 0 aliphatic carbocycles. The molecule has 0 aliphatic rings. The lowest BCUT2D eigenvalue weighted by atomic mass is 9.87. The van der Waals surface area contributed by atoms with Gasteiger partial charge in [-0.3, -0.25) is 4.98 Å². The van der Waals surface area contributed by atoms with E-state index < -0.39 is 0 Å². The standard InChI is InChI=1S/C15H22N4O/c1-15(2,3)10-11(16)8-14-18-13(19-20-14)9-12-6-4-5-7-17-12/h4-7,11H,8-10,16H2,1-3H3. The van der Waals surface area contributed by atoms with Crippen molar-refractivity contribution in [3.8, 4) is 0 Å². The normalized spacial score (nSPS) is 13.4. The van der Waals surface area contributed by atoms with Crippen molar-refractivity contribution in [1.82, 2.24) is 15.1 Å². The molecule has 0 spiro atoms. The minimum atomic E-state index is 0.0400. The summed E-state index contributed by atoms with van der Waals surface area (Å²) in [7, 11) is 0. The summed E-state index contributed by atoms with van der Waals surface area (Å²) in [6, 6.07) is 5.82. The maximum absolute atomic E-state index is 6.11. The van der Waals surface area contributed by atoms with Gasteiger partial charge in [0.2, 0.25) is 5.89 Å². The molecule has 0 radical (unpaired) electrons. The van der Waals surface area contributed by atoms with Gasteiger partial charge in [-0.25, -0.2) is 0 Å². The Kier molecular flexibility index (Phi) is 4.49. The van der Waals surface area contributed by atoms with Gasteiger partial charge in [-0.2, -0.15) is 4.98 Å². The lowest BCUT2D eigenvalue weighted by Gasteiger charge is -2.21. The molecule has 2 aromatic rings. The molecule has 2 rings (SSSR count). The number of pyridine rings is 1. The van der Waals surface area contributed by atoms with Crippen molar-refractivity contribution in [2.24, 2.45) is 11.1 Å². The number of nitrogens with zero attached hydrogens (tertiary/aromatic N) is 3. The highest BCUT2D eigenvalue weighted by Crippen LogP contribution is 2.21. The van der Waals surface area contributed by atoms with Gasteiger partial charge in [-0.15, -0.1) is 0 Å². The quantitative estimate of drug-likeness (QED) is 0.905. The van der Waals surface area contributed by atoms with E-state index in [1.807, 2.05) is 18.2 Å². The Bertz CT molecular complexity index is 530. The summed E-state index contributed by atoms with van der Waals surface area (Å²) in [6.07, 6.45) is 3.88. The zero-order valence-corrected chi connectivity index (χ0v) is 12.3. The first kappa shape index (κ1) is 14.7. The Balaban J connectivity index is 1.92. The Morgan fingerprint density at radius 1 is 1.30 bits per heavy atom. The molecule has 0 aliphatic heterocycles. The Hall–Kier alpha value is -1.75. The van der Waals surface area contributed by atoms with Crippen LogP contribution in [0.4, 0.5) is 0 Å². The summed E-state index contributed by atoms with van der Waals surface area (Å²) in [5, 5.41) is 3.98. The summed E-state index contributed by atoms with van der Waals surface area (Å²) < 4.78 is 5.25. The van der Waals surface area contributed by atoms with Crippen LogP contribution < -0.4 is 5.73 Å². The third kappa shape index (κ3) is 4.74. The van der Waals surface area contributed by atoms with Crippen LogP contribution in [0.3, 0.4) is 0 Å². The van der Waals surface area contributed by atoms with Gasteiger partial charge in [0.1, 0.15) is 0 Å². The van der Waals surface area contributed by atoms with E-state index >= 15 is 0 Å². The van der Waals surface area contributed by atoms with Gasteiger partial charge >= 0.3 is 0 Å². The molecular formula is C15H22N4O. The monoisotopic (exact) mass is 274 g/mol. The van der Waals surface area contributed by atoms with E-state index in [-0.39, 0.29) is 11.5 Å². The second-order valence-corrected chi connectivity index (χ2v) is 6.33. The van der Waals surface area contributed by atoms with E-state index in [4.69, 9.17) is 10.3 Å². The topological polar surface area (TPSA) is 77.8 Å². The second-order valence-electron chi connectivity index (χ2n) is 6.33. The van der Waals surface area contributed by atoms with Crippen LogP contribution in [0.1, 0.15) is 44.6 Å². The molecule has 20 heavy (non-hydrogen) atoms. The summed E-state index contributed by atoms with van der Waals surface area (Å²) in [5.41, 5.74) is 7.25. The van der Waals surface area contributed by atoms with Crippen molar-refractivity contribution < 1.29 is 4.52 Å². The number of nitrogens with two attached hydrogens (primary N) is 1. The van der Waals surface area contributed by atoms with E-state index in [9.17, 15) is 0 Å². The number of aromatic nitrogens is 3. The fraction of sp³-hybridized carbons (Fsp3) is 0.533. The molecule has 0 bridgehead atoms. The molecule has 5 nitrogen and oxygen atoms in total. The predicted molar refractivity (Wildman–Crippen MR) is 77.1 cm³/mol. The maximum atomic E-state index is 6.11. The molecule has 2 N–H and O–H groups in total. The van der Waals surface area contributed by atoms with Crippen LogP contribution in [0.25, 0.3) is 0 Å². The average Bonchev–Trinajstić information content (AvgIpc) is 2.75. The van der Waals surface area contributed by atoms with Crippen LogP contribution in [0.2, 0.25) is 0 Å². The van der Waals surface area contributed by atoms with Crippen LogP contribution in [-0.4, -0.2) is 21.2 Å². The highest BCUT2D eigenvalue weighted by Gasteiger charge is 2.18. The van der Waals surface area contributed by atoms with Gasteiger partial charge in [0.15, 0.2) is 5.82 Å². The van der Waals surface area contributed by atoms with Crippen molar-refractivity contribution in [2.75, 3.05) is 0 Å². The molecule has 0 amide bonds. The van der Waals surface area contributed by atoms with Gasteiger partial charge in [0.25, 0.3) is 0 Å². The van der Waals surface area contributed by atoms with E-state index in [1.54, 1.807) is 6.20 Å².